The van der Waals surface area contributed by atoms with E-state index in [2.05, 4.69) is 12.2 Å². The third-order valence-electron chi connectivity index (χ3n) is 2.01. The Morgan fingerprint density at radius 3 is 2.71 bits per heavy atom. The van der Waals surface area contributed by atoms with E-state index in [4.69, 9.17) is 16.7 Å². The normalized spacial score (nSPS) is 15.4. The number of rotatable bonds is 5. The highest BCUT2D eigenvalue weighted by Crippen LogP contribution is 2.28. The summed E-state index contributed by atoms with van der Waals surface area (Å²) in [6.45, 7) is 4.52. The number of hydrogen-bond acceptors (Lipinski definition) is 3. The molecule has 0 bridgehead atoms. The van der Waals surface area contributed by atoms with Crippen molar-refractivity contribution in [1.29, 1.82) is 0 Å². The minimum Gasteiger partial charge on any atom is -0.392 e. The molecule has 0 spiro atoms. The summed E-state index contributed by atoms with van der Waals surface area (Å²) in [6.07, 6.45) is 0.698. The molecule has 1 aromatic heterocycles. The Bertz CT molecular complexity index is 275. The molecule has 0 aliphatic rings. The Labute approximate surface area is 93.9 Å². The van der Waals surface area contributed by atoms with Gasteiger partial charge in [0.2, 0.25) is 0 Å². The van der Waals surface area contributed by atoms with Crippen LogP contribution in [0.3, 0.4) is 0 Å². The predicted octanol–water partition coefficient (Wildman–Crippen LogP) is 2.82. The molecule has 0 fully saturated rings. The van der Waals surface area contributed by atoms with Gasteiger partial charge in [0, 0.05) is 17.5 Å². The second-order valence-corrected chi connectivity index (χ2v) is 5.11. The van der Waals surface area contributed by atoms with Gasteiger partial charge in [0.25, 0.3) is 0 Å². The summed E-state index contributed by atoms with van der Waals surface area (Å²) < 4.78 is 0.817. The molecule has 0 aliphatic carbocycles. The maximum atomic E-state index is 9.16. The highest BCUT2D eigenvalue weighted by atomic mass is 35.5. The van der Waals surface area contributed by atoms with E-state index in [1.165, 1.54) is 4.88 Å². The monoisotopic (exact) mass is 233 g/mol. The molecule has 0 aliphatic heterocycles. The number of hydrogen-bond donors (Lipinski definition) is 2. The standard InChI is InChI=1S/C10H16ClNOS/c1-3-8(12-6-7(2)13)9-4-5-10(11)14-9/h4-5,7-8,12-13H,3,6H2,1-2H3/t7-,8?/m1/s1. The summed E-state index contributed by atoms with van der Waals surface area (Å²) in [5.41, 5.74) is 0. The van der Waals surface area contributed by atoms with E-state index in [-0.39, 0.29) is 6.10 Å². The Morgan fingerprint density at radius 1 is 1.57 bits per heavy atom. The lowest BCUT2D eigenvalue weighted by molar-refractivity contribution is 0.186. The van der Waals surface area contributed by atoms with E-state index in [0.29, 0.717) is 12.6 Å². The lowest BCUT2D eigenvalue weighted by Crippen LogP contribution is -2.27. The summed E-state index contributed by atoms with van der Waals surface area (Å²) in [4.78, 5) is 1.23. The fourth-order valence-corrected chi connectivity index (χ4v) is 2.49. The molecule has 80 valence electrons. The first-order chi connectivity index (χ1) is 6.63. The summed E-state index contributed by atoms with van der Waals surface area (Å²) in [7, 11) is 0. The van der Waals surface area contributed by atoms with Gasteiger partial charge in [0.1, 0.15) is 0 Å². The van der Waals surface area contributed by atoms with Crippen LogP contribution in [0.25, 0.3) is 0 Å². The van der Waals surface area contributed by atoms with Crippen molar-refractivity contribution in [2.45, 2.75) is 32.4 Å². The van der Waals surface area contributed by atoms with Gasteiger partial charge in [-0.25, -0.2) is 0 Å². The first-order valence-corrected chi connectivity index (χ1v) is 5.99. The highest BCUT2D eigenvalue weighted by molar-refractivity contribution is 7.16. The Kier molecular flexibility index (Phi) is 4.89. The average Bonchev–Trinajstić information content (AvgIpc) is 2.53. The van der Waals surface area contributed by atoms with Crippen molar-refractivity contribution in [1.82, 2.24) is 5.32 Å². The van der Waals surface area contributed by atoms with Crippen molar-refractivity contribution in [3.8, 4) is 0 Å². The van der Waals surface area contributed by atoms with Crippen LogP contribution in [-0.2, 0) is 0 Å². The van der Waals surface area contributed by atoms with Crippen LogP contribution in [0.4, 0.5) is 0 Å². The first-order valence-electron chi connectivity index (χ1n) is 4.80. The zero-order chi connectivity index (χ0) is 10.6. The molecule has 0 amide bonds. The largest absolute Gasteiger partial charge is 0.392 e. The minimum atomic E-state index is -0.306. The summed E-state index contributed by atoms with van der Waals surface area (Å²) >= 11 is 7.46. The van der Waals surface area contributed by atoms with Crippen molar-refractivity contribution in [3.05, 3.63) is 21.3 Å². The van der Waals surface area contributed by atoms with E-state index in [1.54, 1.807) is 18.3 Å². The molecule has 2 atom stereocenters. The van der Waals surface area contributed by atoms with Crippen LogP contribution >= 0.6 is 22.9 Å². The topological polar surface area (TPSA) is 32.3 Å². The van der Waals surface area contributed by atoms with Crippen LogP contribution in [0.1, 0.15) is 31.2 Å². The lowest BCUT2D eigenvalue weighted by Gasteiger charge is -2.16. The van der Waals surface area contributed by atoms with Crippen molar-refractivity contribution in [2.24, 2.45) is 0 Å². The summed E-state index contributed by atoms with van der Waals surface area (Å²) in [5, 5.41) is 12.5. The molecule has 0 saturated carbocycles. The van der Waals surface area contributed by atoms with E-state index in [1.807, 2.05) is 12.1 Å². The van der Waals surface area contributed by atoms with Gasteiger partial charge in [-0.15, -0.1) is 11.3 Å². The van der Waals surface area contributed by atoms with E-state index in [0.717, 1.165) is 10.8 Å². The highest BCUT2D eigenvalue weighted by Gasteiger charge is 2.11. The van der Waals surface area contributed by atoms with Crippen molar-refractivity contribution >= 4 is 22.9 Å². The van der Waals surface area contributed by atoms with Gasteiger partial charge in [-0.3, -0.25) is 0 Å². The van der Waals surface area contributed by atoms with Crippen LogP contribution in [0.15, 0.2) is 12.1 Å². The minimum absolute atomic E-state index is 0.306. The van der Waals surface area contributed by atoms with E-state index < -0.39 is 0 Å². The molecule has 1 heterocycles. The molecule has 0 aromatic carbocycles. The smallest absolute Gasteiger partial charge is 0.0931 e. The van der Waals surface area contributed by atoms with Crippen LogP contribution in [-0.4, -0.2) is 17.8 Å². The predicted molar refractivity (Wildman–Crippen MR) is 62.0 cm³/mol. The maximum Gasteiger partial charge on any atom is 0.0931 e. The third kappa shape index (κ3) is 3.58. The van der Waals surface area contributed by atoms with Gasteiger partial charge in [-0.1, -0.05) is 18.5 Å². The molecule has 4 heteroatoms. The average molecular weight is 234 g/mol. The van der Waals surface area contributed by atoms with Crippen molar-refractivity contribution in [3.63, 3.8) is 0 Å². The molecule has 1 aromatic rings. The fourth-order valence-electron chi connectivity index (χ4n) is 1.27. The molecule has 1 unspecified atom stereocenters. The second-order valence-electron chi connectivity index (χ2n) is 3.36. The van der Waals surface area contributed by atoms with Gasteiger partial charge >= 0.3 is 0 Å². The second kappa shape index (κ2) is 5.71. The van der Waals surface area contributed by atoms with Crippen LogP contribution in [0, 0.1) is 0 Å². The molecule has 0 radical (unpaired) electrons. The number of nitrogens with one attached hydrogen (secondary N) is 1. The van der Waals surface area contributed by atoms with Crippen molar-refractivity contribution < 1.29 is 5.11 Å². The number of thiophene rings is 1. The summed E-state index contributed by atoms with van der Waals surface area (Å²) in [6, 6.07) is 4.26. The Balaban J connectivity index is 2.54. The van der Waals surface area contributed by atoms with Crippen LogP contribution in [0.5, 0.6) is 0 Å². The fraction of sp³-hybridized carbons (Fsp3) is 0.600. The van der Waals surface area contributed by atoms with Crippen LogP contribution < -0.4 is 5.32 Å². The molecular weight excluding hydrogens is 218 g/mol. The molecule has 0 saturated heterocycles. The Morgan fingerprint density at radius 2 is 2.29 bits per heavy atom. The van der Waals surface area contributed by atoms with Gasteiger partial charge in [-0.05, 0) is 25.5 Å². The SMILES string of the molecule is CCC(NC[C@@H](C)O)c1ccc(Cl)s1. The third-order valence-corrected chi connectivity index (χ3v) is 3.35. The van der Waals surface area contributed by atoms with Gasteiger partial charge in [0.05, 0.1) is 10.4 Å². The zero-order valence-electron chi connectivity index (χ0n) is 8.46. The number of aliphatic hydroxyl groups is 1. The zero-order valence-corrected chi connectivity index (χ0v) is 10.0. The molecule has 14 heavy (non-hydrogen) atoms. The maximum absolute atomic E-state index is 9.16. The van der Waals surface area contributed by atoms with E-state index >= 15 is 0 Å². The summed E-state index contributed by atoms with van der Waals surface area (Å²) in [5.74, 6) is 0. The van der Waals surface area contributed by atoms with E-state index in [9.17, 15) is 0 Å². The van der Waals surface area contributed by atoms with Crippen LogP contribution in [0.2, 0.25) is 4.34 Å². The quantitative estimate of drug-likeness (QED) is 0.820. The molecule has 2 N–H and O–H groups in total. The molecule has 1 rings (SSSR count). The lowest BCUT2D eigenvalue weighted by atomic mass is 10.2. The van der Waals surface area contributed by atoms with Gasteiger partial charge in [-0.2, -0.15) is 0 Å². The van der Waals surface area contributed by atoms with Gasteiger partial charge in [0.15, 0.2) is 0 Å². The number of halogens is 1. The van der Waals surface area contributed by atoms with Crippen molar-refractivity contribution in [2.75, 3.05) is 6.54 Å². The molecule has 2 nitrogen and oxygen atoms in total. The van der Waals surface area contributed by atoms with Gasteiger partial charge < -0.3 is 10.4 Å². The molecular formula is C10H16ClNOS. The Hall–Kier alpha value is -0.0900. The number of aliphatic hydroxyl groups excluding tert-OH is 1. The first kappa shape index (κ1) is 12.0.